The van der Waals surface area contributed by atoms with Crippen LogP contribution in [0, 0.1) is 11.3 Å². The highest BCUT2D eigenvalue weighted by Gasteiger charge is 2.51. The average Bonchev–Trinajstić information content (AvgIpc) is 2.64. The van der Waals surface area contributed by atoms with Crippen LogP contribution in [0.15, 0.2) is 18.5 Å². The summed E-state index contributed by atoms with van der Waals surface area (Å²) in [6, 6.07) is 4.15. The molecular formula is C15H22BN3O2. The standard InChI is InChI=1S/C15H22BN3O2/c1-14(2)15(3,4)21-16(20-14)13-8-12(10-19-11-13)9-18-7-5-6-17/h8,10-11,18H,5,7,9H2,1-4H3. The maximum atomic E-state index is 8.51. The molecule has 21 heavy (non-hydrogen) atoms. The van der Waals surface area contributed by atoms with E-state index in [1.807, 2.05) is 40.0 Å². The molecule has 0 radical (unpaired) electrons. The number of nitrogens with zero attached hydrogens (tertiary/aromatic N) is 2. The molecule has 1 saturated heterocycles. The minimum absolute atomic E-state index is 0.348. The number of hydrogen-bond acceptors (Lipinski definition) is 5. The molecule has 1 N–H and O–H groups in total. The fraction of sp³-hybridized carbons (Fsp3) is 0.600. The Morgan fingerprint density at radius 1 is 1.24 bits per heavy atom. The maximum Gasteiger partial charge on any atom is 0.496 e. The van der Waals surface area contributed by atoms with Crippen molar-refractivity contribution in [3.63, 3.8) is 0 Å². The first-order valence-corrected chi connectivity index (χ1v) is 7.23. The first kappa shape index (κ1) is 16.0. The summed E-state index contributed by atoms with van der Waals surface area (Å²) in [4.78, 5) is 4.26. The second kappa shape index (κ2) is 6.14. The summed E-state index contributed by atoms with van der Waals surface area (Å²) in [7, 11) is -0.387. The van der Waals surface area contributed by atoms with Gasteiger partial charge >= 0.3 is 7.12 Å². The largest absolute Gasteiger partial charge is 0.496 e. The van der Waals surface area contributed by atoms with E-state index in [2.05, 4.69) is 16.4 Å². The summed E-state index contributed by atoms with van der Waals surface area (Å²) in [5.74, 6) is 0. The molecule has 1 aromatic heterocycles. The summed E-state index contributed by atoms with van der Waals surface area (Å²) in [5, 5.41) is 11.7. The summed E-state index contributed by atoms with van der Waals surface area (Å²) < 4.78 is 12.0. The van der Waals surface area contributed by atoms with E-state index in [1.54, 1.807) is 6.20 Å². The Morgan fingerprint density at radius 3 is 2.52 bits per heavy atom. The quantitative estimate of drug-likeness (QED) is 0.654. The van der Waals surface area contributed by atoms with Gasteiger partial charge < -0.3 is 14.6 Å². The number of rotatable bonds is 5. The van der Waals surface area contributed by atoms with Gasteiger partial charge in [0.1, 0.15) is 0 Å². The fourth-order valence-corrected chi connectivity index (χ4v) is 2.09. The molecule has 0 saturated carbocycles. The van der Waals surface area contributed by atoms with Gasteiger partial charge in [-0.2, -0.15) is 5.26 Å². The van der Waals surface area contributed by atoms with Crippen LogP contribution in [0.4, 0.5) is 0 Å². The lowest BCUT2D eigenvalue weighted by molar-refractivity contribution is 0.00578. The van der Waals surface area contributed by atoms with Crippen LogP contribution in [-0.4, -0.2) is 29.8 Å². The Balaban J connectivity index is 2.04. The average molecular weight is 287 g/mol. The van der Waals surface area contributed by atoms with Gasteiger partial charge in [0.25, 0.3) is 0 Å². The minimum atomic E-state index is -0.387. The van der Waals surface area contributed by atoms with Crippen LogP contribution in [0.1, 0.15) is 39.7 Å². The number of nitrogens with one attached hydrogen (secondary N) is 1. The van der Waals surface area contributed by atoms with Gasteiger partial charge in [-0.1, -0.05) is 6.07 Å². The molecule has 0 spiro atoms. The molecule has 1 aliphatic rings. The zero-order chi connectivity index (χ0) is 15.5. The lowest BCUT2D eigenvalue weighted by Gasteiger charge is -2.32. The Kier molecular flexibility index (Phi) is 4.67. The van der Waals surface area contributed by atoms with Gasteiger partial charge in [-0.3, -0.25) is 4.98 Å². The van der Waals surface area contributed by atoms with Crippen LogP contribution in [0.3, 0.4) is 0 Å². The van der Waals surface area contributed by atoms with Crippen molar-refractivity contribution in [1.82, 2.24) is 10.3 Å². The Labute approximate surface area is 126 Å². The van der Waals surface area contributed by atoms with Gasteiger partial charge in [0.2, 0.25) is 0 Å². The highest BCUT2D eigenvalue weighted by atomic mass is 16.7. The molecule has 2 rings (SSSR count). The van der Waals surface area contributed by atoms with Crippen molar-refractivity contribution in [2.75, 3.05) is 6.54 Å². The molecule has 1 aliphatic heterocycles. The fourth-order valence-electron chi connectivity index (χ4n) is 2.09. The molecule has 0 bridgehead atoms. The van der Waals surface area contributed by atoms with Crippen molar-refractivity contribution in [2.45, 2.75) is 51.9 Å². The zero-order valence-corrected chi connectivity index (χ0v) is 13.1. The topological polar surface area (TPSA) is 67.2 Å². The van der Waals surface area contributed by atoms with Crippen molar-refractivity contribution >= 4 is 12.6 Å². The third-order valence-electron chi connectivity index (χ3n) is 4.08. The van der Waals surface area contributed by atoms with Gasteiger partial charge in [-0.05, 0) is 33.3 Å². The van der Waals surface area contributed by atoms with Gasteiger partial charge in [0.05, 0.1) is 17.3 Å². The number of nitriles is 1. The SMILES string of the molecule is CC1(C)OB(c2cncc(CNCCC#N)c2)OC1(C)C. The van der Waals surface area contributed by atoms with E-state index in [9.17, 15) is 0 Å². The summed E-state index contributed by atoms with van der Waals surface area (Å²) in [6.45, 7) is 9.50. The lowest BCUT2D eigenvalue weighted by atomic mass is 9.80. The second-order valence-corrected chi connectivity index (χ2v) is 6.30. The van der Waals surface area contributed by atoms with E-state index in [0.717, 1.165) is 11.0 Å². The van der Waals surface area contributed by atoms with Crippen LogP contribution >= 0.6 is 0 Å². The molecule has 0 aliphatic carbocycles. The van der Waals surface area contributed by atoms with Gasteiger partial charge in [0, 0.05) is 37.4 Å². The molecule has 112 valence electrons. The molecule has 2 heterocycles. The Bertz CT molecular complexity index is 524. The van der Waals surface area contributed by atoms with Gasteiger partial charge in [-0.25, -0.2) is 0 Å². The molecular weight excluding hydrogens is 265 g/mol. The smallest absolute Gasteiger partial charge is 0.399 e. The van der Waals surface area contributed by atoms with Crippen molar-refractivity contribution in [3.8, 4) is 6.07 Å². The Hall–Kier alpha value is -1.42. The van der Waals surface area contributed by atoms with Crippen LogP contribution in [0.25, 0.3) is 0 Å². The zero-order valence-electron chi connectivity index (χ0n) is 13.1. The van der Waals surface area contributed by atoms with Crippen molar-refractivity contribution < 1.29 is 9.31 Å². The Morgan fingerprint density at radius 2 is 1.90 bits per heavy atom. The van der Waals surface area contributed by atoms with Crippen molar-refractivity contribution in [1.29, 1.82) is 5.26 Å². The van der Waals surface area contributed by atoms with E-state index >= 15 is 0 Å². The molecule has 5 nitrogen and oxygen atoms in total. The van der Waals surface area contributed by atoms with Crippen molar-refractivity contribution in [2.24, 2.45) is 0 Å². The highest BCUT2D eigenvalue weighted by Crippen LogP contribution is 2.36. The maximum absolute atomic E-state index is 8.51. The molecule has 0 amide bonds. The third kappa shape index (κ3) is 3.62. The minimum Gasteiger partial charge on any atom is -0.399 e. The van der Waals surface area contributed by atoms with Gasteiger partial charge in [-0.15, -0.1) is 0 Å². The predicted molar refractivity (Wildman–Crippen MR) is 81.9 cm³/mol. The molecule has 0 atom stereocenters. The molecule has 0 unspecified atom stereocenters. The second-order valence-electron chi connectivity index (χ2n) is 6.30. The number of hydrogen-bond donors (Lipinski definition) is 1. The van der Waals surface area contributed by atoms with Crippen LogP contribution in [0.5, 0.6) is 0 Å². The van der Waals surface area contributed by atoms with E-state index in [0.29, 0.717) is 19.5 Å². The van der Waals surface area contributed by atoms with E-state index < -0.39 is 0 Å². The van der Waals surface area contributed by atoms with E-state index in [-0.39, 0.29) is 18.3 Å². The van der Waals surface area contributed by atoms with E-state index in [4.69, 9.17) is 14.6 Å². The highest BCUT2D eigenvalue weighted by molar-refractivity contribution is 6.62. The first-order chi connectivity index (χ1) is 9.86. The lowest BCUT2D eigenvalue weighted by Crippen LogP contribution is -2.41. The first-order valence-electron chi connectivity index (χ1n) is 7.23. The van der Waals surface area contributed by atoms with Gasteiger partial charge in [0.15, 0.2) is 0 Å². The number of aromatic nitrogens is 1. The normalized spacial score (nSPS) is 19.5. The summed E-state index contributed by atoms with van der Waals surface area (Å²) in [6.07, 6.45) is 4.10. The predicted octanol–water partition coefficient (Wildman–Crippen LogP) is 1.38. The third-order valence-corrected chi connectivity index (χ3v) is 4.08. The number of pyridine rings is 1. The van der Waals surface area contributed by atoms with Crippen LogP contribution in [-0.2, 0) is 15.9 Å². The monoisotopic (exact) mass is 287 g/mol. The molecule has 6 heteroatoms. The summed E-state index contributed by atoms with van der Waals surface area (Å²) >= 11 is 0. The van der Waals surface area contributed by atoms with Crippen LogP contribution < -0.4 is 10.8 Å². The van der Waals surface area contributed by atoms with Crippen LogP contribution in [0.2, 0.25) is 0 Å². The van der Waals surface area contributed by atoms with Crippen molar-refractivity contribution in [3.05, 3.63) is 24.0 Å². The molecule has 1 fully saturated rings. The molecule has 1 aromatic rings. The molecule has 0 aromatic carbocycles. The van der Waals surface area contributed by atoms with E-state index in [1.165, 1.54) is 0 Å². The summed E-state index contributed by atoms with van der Waals surface area (Å²) in [5.41, 5.74) is 1.28.